The highest BCUT2D eigenvalue weighted by Crippen LogP contribution is 2.28. The Morgan fingerprint density at radius 2 is 2.32 bits per heavy atom. The first-order valence-electron chi connectivity index (χ1n) is 5.92. The number of benzene rings is 1. The van der Waals surface area contributed by atoms with Crippen molar-refractivity contribution in [1.82, 2.24) is 10.1 Å². The second-order valence-electron chi connectivity index (χ2n) is 3.92. The highest BCUT2D eigenvalue weighted by atomic mass is 35.5. The van der Waals surface area contributed by atoms with Crippen molar-refractivity contribution in [3.05, 3.63) is 40.5 Å². The molecule has 1 aromatic heterocycles. The SMILES string of the molecule is CCCc1nc(COc2c(Cl)cccc2C=O)no1. The molecule has 0 unspecified atom stereocenters. The summed E-state index contributed by atoms with van der Waals surface area (Å²) in [6.45, 7) is 2.14. The first kappa shape index (κ1) is 13.5. The monoisotopic (exact) mass is 280 g/mol. The van der Waals surface area contributed by atoms with E-state index in [2.05, 4.69) is 10.1 Å². The number of hydrogen-bond donors (Lipinski definition) is 0. The Morgan fingerprint density at radius 3 is 3.05 bits per heavy atom. The van der Waals surface area contributed by atoms with Crippen LogP contribution in [0.3, 0.4) is 0 Å². The largest absolute Gasteiger partial charge is 0.483 e. The molecule has 2 aromatic rings. The van der Waals surface area contributed by atoms with Gasteiger partial charge in [-0.3, -0.25) is 4.79 Å². The van der Waals surface area contributed by atoms with Crippen LogP contribution in [0.25, 0.3) is 0 Å². The van der Waals surface area contributed by atoms with Gasteiger partial charge < -0.3 is 9.26 Å². The summed E-state index contributed by atoms with van der Waals surface area (Å²) in [5, 5.41) is 4.17. The Bertz CT molecular complexity index is 569. The highest BCUT2D eigenvalue weighted by Gasteiger charge is 2.11. The first-order valence-corrected chi connectivity index (χ1v) is 6.30. The van der Waals surface area contributed by atoms with Crippen molar-refractivity contribution in [2.24, 2.45) is 0 Å². The van der Waals surface area contributed by atoms with Crippen LogP contribution in [0.1, 0.15) is 35.4 Å². The van der Waals surface area contributed by atoms with E-state index in [1.165, 1.54) is 0 Å². The number of halogens is 1. The molecule has 0 aliphatic heterocycles. The lowest BCUT2D eigenvalue weighted by Crippen LogP contribution is -2.00. The van der Waals surface area contributed by atoms with E-state index in [9.17, 15) is 4.79 Å². The third kappa shape index (κ3) is 3.32. The first-order chi connectivity index (χ1) is 9.24. The van der Waals surface area contributed by atoms with Crippen molar-refractivity contribution >= 4 is 17.9 Å². The van der Waals surface area contributed by atoms with Gasteiger partial charge in [0.05, 0.1) is 10.6 Å². The number of carbonyl (C=O) groups excluding carboxylic acids is 1. The fraction of sp³-hybridized carbons (Fsp3) is 0.308. The van der Waals surface area contributed by atoms with Crippen molar-refractivity contribution in [3.63, 3.8) is 0 Å². The lowest BCUT2D eigenvalue weighted by Gasteiger charge is -2.07. The Morgan fingerprint density at radius 1 is 1.47 bits per heavy atom. The van der Waals surface area contributed by atoms with Gasteiger partial charge in [0.1, 0.15) is 5.75 Å². The second-order valence-corrected chi connectivity index (χ2v) is 4.33. The van der Waals surface area contributed by atoms with E-state index >= 15 is 0 Å². The molecule has 0 amide bonds. The number of rotatable bonds is 6. The molecule has 0 radical (unpaired) electrons. The van der Waals surface area contributed by atoms with Gasteiger partial charge in [-0.15, -0.1) is 0 Å². The molecule has 1 aromatic carbocycles. The number of aromatic nitrogens is 2. The van der Waals surface area contributed by atoms with Crippen molar-refractivity contribution < 1.29 is 14.1 Å². The summed E-state index contributed by atoms with van der Waals surface area (Å²) in [6.07, 6.45) is 2.36. The fourth-order valence-electron chi connectivity index (χ4n) is 1.57. The van der Waals surface area contributed by atoms with E-state index in [0.29, 0.717) is 34.3 Å². The van der Waals surface area contributed by atoms with Crippen LogP contribution in [0.4, 0.5) is 0 Å². The molecule has 0 N–H and O–H groups in total. The van der Waals surface area contributed by atoms with Crippen molar-refractivity contribution in [2.45, 2.75) is 26.4 Å². The van der Waals surface area contributed by atoms with Gasteiger partial charge in [-0.1, -0.05) is 29.7 Å². The maximum absolute atomic E-state index is 10.9. The molecular weight excluding hydrogens is 268 g/mol. The van der Waals surface area contributed by atoms with E-state index in [0.717, 1.165) is 12.8 Å². The molecule has 0 atom stereocenters. The summed E-state index contributed by atoms with van der Waals surface area (Å²) in [6, 6.07) is 4.97. The van der Waals surface area contributed by atoms with E-state index in [1.807, 2.05) is 6.92 Å². The molecule has 0 aliphatic carbocycles. The van der Waals surface area contributed by atoms with Gasteiger partial charge in [0, 0.05) is 6.42 Å². The topological polar surface area (TPSA) is 65.2 Å². The minimum absolute atomic E-state index is 0.109. The fourth-order valence-corrected chi connectivity index (χ4v) is 1.81. The summed E-state index contributed by atoms with van der Waals surface area (Å²) in [4.78, 5) is 15.1. The lowest BCUT2D eigenvalue weighted by molar-refractivity contribution is 0.111. The Labute approximate surface area is 115 Å². The minimum Gasteiger partial charge on any atom is -0.483 e. The number of nitrogens with zero attached hydrogens (tertiary/aromatic N) is 2. The van der Waals surface area contributed by atoms with Crippen molar-refractivity contribution in [3.8, 4) is 5.75 Å². The number of aldehydes is 1. The van der Waals surface area contributed by atoms with E-state index in [-0.39, 0.29) is 6.61 Å². The molecule has 6 heteroatoms. The van der Waals surface area contributed by atoms with Crippen LogP contribution in [0.2, 0.25) is 5.02 Å². The number of hydrogen-bond acceptors (Lipinski definition) is 5. The smallest absolute Gasteiger partial charge is 0.226 e. The molecule has 100 valence electrons. The number of aryl methyl sites for hydroxylation is 1. The zero-order valence-corrected chi connectivity index (χ0v) is 11.2. The van der Waals surface area contributed by atoms with Crippen LogP contribution in [0.5, 0.6) is 5.75 Å². The molecule has 1 heterocycles. The molecule has 0 bridgehead atoms. The summed E-state index contributed by atoms with van der Waals surface area (Å²) >= 11 is 5.98. The van der Waals surface area contributed by atoms with E-state index in [4.69, 9.17) is 20.9 Å². The number of carbonyl (C=O) groups is 1. The Balaban J connectivity index is 2.07. The zero-order valence-electron chi connectivity index (χ0n) is 10.4. The summed E-state index contributed by atoms with van der Waals surface area (Å²) in [5.74, 6) is 1.34. The average Bonchev–Trinajstić information content (AvgIpc) is 2.85. The van der Waals surface area contributed by atoms with E-state index < -0.39 is 0 Å². The molecular formula is C13H13ClN2O3. The third-order valence-electron chi connectivity index (χ3n) is 2.44. The quantitative estimate of drug-likeness (QED) is 0.761. The molecule has 5 nitrogen and oxygen atoms in total. The normalized spacial score (nSPS) is 10.4. The van der Waals surface area contributed by atoms with Crippen LogP contribution in [0.15, 0.2) is 22.7 Å². The number of ether oxygens (including phenoxy) is 1. The zero-order chi connectivity index (χ0) is 13.7. The minimum atomic E-state index is 0.109. The van der Waals surface area contributed by atoms with Gasteiger partial charge in [-0.25, -0.2) is 0 Å². The molecule has 19 heavy (non-hydrogen) atoms. The molecule has 0 saturated carbocycles. The predicted molar refractivity (Wildman–Crippen MR) is 69.5 cm³/mol. The Hall–Kier alpha value is -1.88. The van der Waals surface area contributed by atoms with Gasteiger partial charge in [0.25, 0.3) is 0 Å². The summed E-state index contributed by atoms with van der Waals surface area (Å²) in [5.41, 5.74) is 0.393. The third-order valence-corrected chi connectivity index (χ3v) is 2.74. The van der Waals surface area contributed by atoms with Crippen molar-refractivity contribution in [2.75, 3.05) is 0 Å². The van der Waals surface area contributed by atoms with Crippen LogP contribution in [-0.2, 0) is 13.0 Å². The Kier molecular flexibility index (Phi) is 4.52. The average molecular weight is 281 g/mol. The lowest BCUT2D eigenvalue weighted by atomic mass is 10.2. The van der Waals surface area contributed by atoms with Gasteiger partial charge >= 0.3 is 0 Å². The van der Waals surface area contributed by atoms with Crippen LogP contribution in [0, 0.1) is 0 Å². The number of para-hydroxylation sites is 1. The van der Waals surface area contributed by atoms with E-state index in [1.54, 1.807) is 18.2 Å². The summed E-state index contributed by atoms with van der Waals surface area (Å²) in [7, 11) is 0. The van der Waals surface area contributed by atoms with Gasteiger partial charge in [0.2, 0.25) is 11.7 Å². The maximum Gasteiger partial charge on any atom is 0.226 e. The van der Waals surface area contributed by atoms with Crippen LogP contribution in [-0.4, -0.2) is 16.4 Å². The van der Waals surface area contributed by atoms with Gasteiger partial charge in [-0.2, -0.15) is 4.98 Å². The van der Waals surface area contributed by atoms with Crippen LogP contribution >= 0.6 is 11.6 Å². The van der Waals surface area contributed by atoms with Gasteiger partial charge in [-0.05, 0) is 18.6 Å². The molecule has 0 fully saturated rings. The van der Waals surface area contributed by atoms with Gasteiger partial charge in [0.15, 0.2) is 12.9 Å². The molecule has 0 saturated heterocycles. The molecule has 2 rings (SSSR count). The maximum atomic E-state index is 10.9. The second kappa shape index (κ2) is 6.33. The standard InChI is InChI=1S/C13H13ClN2O3/c1-2-4-12-15-11(16-19-12)8-18-13-9(7-17)5-3-6-10(13)14/h3,5-7H,2,4,8H2,1H3. The summed E-state index contributed by atoms with van der Waals surface area (Å²) < 4.78 is 10.5. The predicted octanol–water partition coefficient (Wildman–Crippen LogP) is 3.07. The van der Waals surface area contributed by atoms with Crippen molar-refractivity contribution in [1.29, 1.82) is 0 Å². The highest BCUT2D eigenvalue weighted by molar-refractivity contribution is 6.32. The van der Waals surface area contributed by atoms with Crippen LogP contribution < -0.4 is 4.74 Å². The molecule has 0 spiro atoms. The molecule has 0 aliphatic rings.